The van der Waals surface area contributed by atoms with Crippen LogP contribution in [-0.2, 0) is 5.41 Å². The molecule has 1 aliphatic heterocycles. The first-order valence-electron chi connectivity index (χ1n) is 11.3. The summed E-state index contributed by atoms with van der Waals surface area (Å²) in [6.45, 7) is 4.63. The van der Waals surface area contributed by atoms with E-state index in [1.165, 1.54) is 18.4 Å². The predicted molar refractivity (Wildman–Crippen MR) is 118 cm³/mol. The second-order valence-corrected chi connectivity index (χ2v) is 8.92. The third-order valence-electron chi connectivity index (χ3n) is 7.12. The van der Waals surface area contributed by atoms with Crippen LogP contribution in [0.4, 0.5) is 0 Å². The highest BCUT2D eigenvalue weighted by Crippen LogP contribution is 2.39. The van der Waals surface area contributed by atoms with Gasteiger partial charge in [0.2, 0.25) is 0 Å². The van der Waals surface area contributed by atoms with Crippen molar-refractivity contribution in [1.29, 1.82) is 0 Å². The Kier molecular flexibility index (Phi) is 6.49. The summed E-state index contributed by atoms with van der Waals surface area (Å²) in [5.41, 5.74) is 2.46. The number of rotatable bonds is 5. The van der Waals surface area contributed by atoms with E-state index >= 15 is 0 Å². The third kappa shape index (κ3) is 4.42. The number of aliphatic hydroxyl groups is 1. The third-order valence-corrected chi connectivity index (χ3v) is 7.12. The van der Waals surface area contributed by atoms with Crippen LogP contribution in [0.3, 0.4) is 0 Å². The van der Waals surface area contributed by atoms with E-state index in [4.69, 9.17) is 0 Å². The molecule has 1 saturated heterocycles. The molecule has 2 heterocycles. The molecule has 3 atom stereocenters. The first kappa shape index (κ1) is 21.0. The van der Waals surface area contributed by atoms with E-state index in [2.05, 4.69) is 39.5 Å². The minimum Gasteiger partial charge on any atom is -0.391 e. The second kappa shape index (κ2) is 9.27. The highest BCUT2D eigenvalue weighted by molar-refractivity contribution is 5.95. The molecule has 2 N–H and O–H groups in total. The van der Waals surface area contributed by atoms with Gasteiger partial charge in [-0.3, -0.25) is 14.7 Å². The topological polar surface area (TPSA) is 65.5 Å². The maximum Gasteiger partial charge on any atom is 0.253 e. The monoisotopic (exact) mass is 407 g/mol. The molecule has 1 aromatic heterocycles. The lowest BCUT2D eigenvalue weighted by Gasteiger charge is -2.34. The molecule has 1 amide bonds. The predicted octanol–water partition coefficient (Wildman–Crippen LogP) is 3.46. The number of carbonyl (C=O) groups excluding carboxylic acids is 1. The smallest absolute Gasteiger partial charge is 0.253 e. The van der Waals surface area contributed by atoms with Gasteiger partial charge in [0.05, 0.1) is 11.7 Å². The number of benzene rings is 1. The molecular weight excluding hydrogens is 374 g/mol. The van der Waals surface area contributed by atoms with Gasteiger partial charge in [0, 0.05) is 29.9 Å². The Bertz CT molecular complexity index is 850. The number of hydrogen-bond acceptors (Lipinski definition) is 4. The van der Waals surface area contributed by atoms with E-state index < -0.39 is 0 Å². The molecule has 4 rings (SSSR count). The van der Waals surface area contributed by atoms with Crippen LogP contribution in [0.15, 0.2) is 48.7 Å². The fourth-order valence-electron chi connectivity index (χ4n) is 5.29. The molecule has 2 fully saturated rings. The molecule has 30 heavy (non-hydrogen) atoms. The summed E-state index contributed by atoms with van der Waals surface area (Å²) in [6, 6.07) is 14.4. The maximum absolute atomic E-state index is 12.9. The van der Waals surface area contributed by atoms with Crippen LogP contribution in [0.5, 0.6) is 0 Å². The van der Waals surface area contributed by atoms with Gasteiger partial charge in [-0.15, -0.1) is 0 Å². The quantitative estimate of drug-likeness (QED) is 0.745. The molecule has 0 spiro atoms. The van der Waals surface area contributed by atoms with Gasteiger partial charge in [0.1, 0.15) is 0 Å². The van der Waals surface area contributed by atoms with Gasteiger partial charge in [-0.25, -0.2) is 0 Å². The van der Waals surface area contributed by atoms with Crippen molar-refractivity contribution in [3.63, 3.8) is 0 Å². The van der Waals surface area contributed by atoms with E-state index in [0.717, 1.165) is 44.5 Å². The zero-order chi connectivity index (χ0) is 21.0. The van der Waals surface area contributed by atoms with Gasteiger partial charge in [0.25, 0.3) is 5.91 Å². The molecule has 1 saturated carbocycles. The normalized spacial score (nSPS) is 27.5. The van der Waals surface area contributed by atoms with Gasteiger partial charge >= 0.3 is 0 Å². The Hall–Kier alpha value is -2.24. The Morgan fingerprint density at radius 2 is 1.87 bits per heavy atom. The van der Waals surface area contributed by atoms with Crippen LogP contribution in [-0.4, -0.2) is 52.7 Å². The molecule has 0 bridgehead atoms. The molecule has 1 aliphatic carbocycles. The molecular formula is C25H33N3O2. The van der Waals surface area contributed by atoms with Crippen molar-refractivity contribution in [2.24, 2.45) is 0 Å². The Morgan fingerprint density at radius 3 is 2.60 bits per heavy atom. The zero-order valence-electron chi connectivity index (χ0n) is 17.9. The van der Waals surface area contributed by atoms with Crippen LogP contribution in [0.25, 0.3) is 0 Å². The van der Waals surface area contributed by atoms with Crippen molar-refractivity contribution in [3.05, 3.63) is 65.5 Å². The Balaban J connectivity index is 1.55. The highest BCUT2D eigenvalue weighted by atomic mass is 16.3. The van der Waals surface area contributed by atoms with Gasteiger partial charge in [-0.1, -0.05) is 30.3 Å². The first-order valence-corrected chi connectivity index (χ1v) is 11.3. The number of aliphatic hydroxyl groups excluding tert-OH is 1. The molecule has 0 radical (unpaired) electrons. The van der Waals surface area contributed by atoms with Crippen LogP contribution in [0.2, 0.25) is 0 Å². The average Bonchev–Trinajstić information content (AvgIpc) is 3.25. The summed E-state index contributed by atoms with van der Waals surface area (Å²) in [5.74, 6) is -0.0724. The number of nitrogens with zero attached hydrogens (tertiary/aromatic N) is 2. The minimum atomic E-state index is -0.301. The van der Waals surface area contributed by atoms with Gasteiger partial charge < -0.3 is 10.4 Å². The molecule has 2 aromatic rings. The molecule has 5 heteroatoms. The van der Waals surface area contributed by atoms with Gasteiger partial charge in [0.15, 0.2) is 0 Å². The van der Waals surface area contributed by atoms with Crippen LogP contribution in [0, 0.1) is 6.92 Å². The summed E-state index contributed by atoms with van der Waals surface area (Å²) < 4.78 is 0. The lowest BCUT2D eigenvalue weighted by atomic mass is 9.74. The zero-order valence-corrected chi connectivity index (χ0v) is 17.9. The molecule has 5 nitrogen and oxygen atoms in total. The van der Waals surface area contributed by atoms with Crippen molar-refractivity contribution in [1.82, 2.24) is 15.2 Å². The summed E-state index contributed by atoms with van der Waals surface area (Å²) in [6.07, 6.45) is 7.42. The number of aryl methyl sites for hydroxylation is 1. The van der Waals surface area contributed by atoms with E-state index in [1.54, 1.807) is 12.3 Å². The van der Waals surface area contributed by atoms with Gasteiger partial charge in [-0.2, -0.15) is 0 Å². The van der Waals surface area contributed by atoms with Crippen LogP contribution < -0.4 is 5.32 Å². The Labute approximate surface area is 179 Å². The van der Waals surface area contributed by atoms with E-state index in [-0.39, 0.29) is 23.5 Å². The maximum atomic E-state index is 12.9. The summed E-state index contributed by atoms with van der Waals surface area (Å²) >= 11 is 0. The van der Waals surface area contributed by atoms with Crippen molar-refractivity contribution >= 4 is 5.91 Å². The van der Waals surface area contributed by atoms with Crippen molar-refractivity contribution < 1.29 is 9.90 Å². The minimum absolute atomic E-state index is 0.0724. The summed E-state index contributed by atoms with van der Waals surface area (Å²) in [5, 5.41) is 14.1. The van der Waals surface area contributed by atoms with Crippen molar-refractivity contribution in [2.75, 3.05) is 19.6 Å². The number of pyridine rings is 1. The molecule has 2 aliphatic rings. The van der Waals surface area contributed by atoms with Crippen LogP contribution in [0.1, 0.15) is 60.1 Å². The largest absolute Gasteiger partial charge is 0.391 e. The SMILES string of the molecule is Cc1ncccc1C(=O)NC[C@@]1(c2ccccc2)CC[C@H](O)[C@@H](N2CCCC2)CC1. The number of likely N-dealkylation sites (tertiary alicyclic amines) is 1. The second-order valence-electron chi connectivity index (χ2n) is 8.92. The molecule has 1 aromatic carbocycles. The number of hydrogen-bond donors (Lipinski definition) is 2. The number of carbonyl (C=O) groups is 1. The van der Waals surface area contributed by atoms with Gasteiger partial charge in [-0.05, 0) is 76.2 Å². The van der Waals surface area contributed by atoms with E-state index in [9.17, 15) is 9.90 Å². The average molecular weight is 408 g/mol. The first-order chi connectivity index (χ1) is 14.6. The Morgan fingerprint density at radius 1 is 1.13 bits per heavy atom. The lowest BCUT2D eigenvalue weighted by Crippen LogP contribution is -2.42. The van der Waals surface area contributed by atoms with E-state index in [1.807, 2.05) is 19.1 Å². The van der Waals surface area contributed by atoms with Crippen molar-refractivity contribution in [2.45, 2.75) is 63.0 Å². The molecule has 160 valence electrons. The summed E-state index contributed by atoms with van der Waals surface area (Å²) in [4.78, 5) is 19.6. The highest BCUT2D eigenvalue weighted by Gasteiger charge is 2.40. The standard InChI is InChI=1S/C25H33N3O2/c1-19-21(10-7-15-26-19)24(30)27-18-25(20-8-3-2-4-9-20)13-11-22(23(29)12-14-25)28-16-5-6-17-28/h2-4,7-10,15,22-23,29H,5-6,11-14,16-18H2,1H3,(H,27,30)/t22-,23-,25-/m0/s1. The molecule has 0 unspecified atom stereocenters. The van der Waals surface area contributed by atoms with Crippen LogP contribution >= 0.6 is 0 Å². The van der Waals surface area contributed by atoms with E-state index in [0.29, 0.717) is 12.1 Å². The number of amides is 1. The van der Waals surface area contributed by atoms with Crippen molar-refractivity contribution in [3.8, 4) is 0 Å². The number of nitrogens with one attached hydrogen (secondary N) is 1. The number of aromatic nitrogens is 1. The summed E-state index contributed by atoms with van der Waals surface area (Å²) in [7, 11) is 0. The lowest BCUT2D eigenvalue weighted by molar-refractivity contribution is 0.0569. The fourth-order valence-corrected chi connectivity index (χ4v) is 5.29. The fraction of sp³-hybridized carbons (Fsp3) is 0.520.